The fourth-order valence-corrected chi connectivity index (χ4v) is 3.16. The minimum atomic E-state index is -4.18. The zero-order valence-electron chi connectivity index (χ0n) is 11.7. The summed E-state index contributed by atoms with van der Waals surface area (Å²) >= 11 is 1.63. The molecule has 0 spiro atoms. The number of benzene rings is 1. The van der Waals surface area contributed by atoms with E-state index in [0.29, 0.717) is 5.56 Å². The molecule has 1 N–H and O–H groups in total. The van der Waals surface area contributed by atoms with Crippen LogP contribution in [-0.4, -0.2) is 12.2 Å². The van der Waals surface area contributed by atoms with Gasteiger partial charge in [0.15, 0.2) is 0 Å². The van der Waals surface area contributed by atoms with Crippen LogP contribution in [0.5, 0.6) is 0 Å². The third kappa shape index (κ3) is 5.52. The zero-order chi connectivity index (χ0) is 15.3. The first-order valence-electron chi connectivity index (χ1n) is 6.84. The van der Waals surface area contributed by atoms with E-state index < -0.39 is 18.6 Å². The van der Waals surface area contributed by atoms with Gasteiger partial charge in [0.1, 0.15) is 0 Å². The molecule has 1 aromatic carbocycles. The molecule has 5 heteroatoms. The van der Waals surface area contributed by atoms with Crippen LogP contribution >= 0.6 is 11.3 Å². The van der Waals surface area contributed by atoms with Gasteiger partial charge in [-0.1, -0.05) is 36.4 Å². The van der Waals surface area contributed by atoms with Gasteiger partial charge < -0.3 is 5.32 Å². The van der Waals surface area contributed by atoms with Gasteiger partial charge in [-0.2, -0.15) is 13.2 Å². The van der Waals surface area contributed by atoms with Gasteiger partial charge in [0.2, 0.25) is 0 Å². The molecule has 0 aliphatic carbocycles. The van der Waals surface area contributed by atoms with Crippen molar-refractivity contribution in [3.8, 4) is 0 Å². The Balaban J connectivity index is 2.05. The van der Waals surface area contributed by atoms with Gasteiger partial charge in [0.05, 0.1) is 6.42 Å². The normalized spacial score (nSPS) is 14.9. The molecule has 1 aromatic heterocycles. The third-order valence-electron chi connectivity index (χ3n) is 3.21. The quantitative estimate of drug-likeness (QED) is 0.794. The molecule has 0 amide bonds. The van der Waals surface area contributed by atoms with Crippen molar-refractivity contribution in [1.29, 1.82) is 0 Å². The summed E-state index contributed by atoms with van der Waals surface area (Å²) in [5.74, 6) is 0. The summed E-state index contributed by atoms with van der Waals surface area (Å²) in [6.07, 6.45) is -4.30. The van der Waals surface area contributed by atoms with Gasteiger partial charge in [-0.05, 0) is 30.4 Å². The summed E-state index contributed by atoms with van der Waals surface area (Å²) in [6.45, 7) is 1.92. The van der Waals surface area contributed by atoms with Crippen molar-refractivity contribution in [2.45, 2.75) is 38.0 Å². The van der Waals surface area contributed by atoms with Crippen LogP contribution in [-0.2, 0) is 6.42 Å². The summed E-state index contributed by atoms with van der Waals surface area (Å²) in [7, 11) is 0. The van der Waals surface area contributed by atoms with E-state index >= 15 is 0 Å². The van der Waals surface area contributed by atoms with Crippen molar-refractivity contribution in [2.75, 3.05) is 0 Å². The molecule has 2 rings (SSSR count). The highest BCUT2D eigenvalue weighted by Gasteiger charge is 2.33. The molecule has 0 fully saturated rings. The first-order valence-corrected chi connectivity index (χ1v) is 7.72. The molecule has 0 saturated heterocycles. The van der Waals surface area contributed by atoms with Crippen LogP contribution in [0.2, 0.25) is 0 Å². The Labute approximate surface area is 126 Å². The van der Waals surface area contributed by atoms with Crippen molar-refractivity contribution in [2.24, 2.45) is 0 Å². The van der Waals surface area contributed by atoms with E-state index in [-0.39, 0.29) is 6.04 Å². The largest absolute Gasteiger partial charge is 0.390 e. The molecule has 2 unspecified atom stereocenters. The maximum atomic E-state index is 12.8. The first kappa shape index (κ1) is 16.0. The average Bonchev–Trinajstić information content (AvgIpc) is 2.90. The lowest BCUT2D eigenvalue weighted by Crippen LogP contribution is -2.34. The fraction of sp³-hybridized carbons (Fsp3) is 0.375. The molecule has 0 bridgehead atoms. The molecular weight excluding hydrogens is 295 g/mol. The standard InChI is InChI=1S/C16H18F3NS/c1-12(10-14-8-5-9-21-14)20-15(11-16(17,18)19)13-6-3-2-4-7-13/h2-9,12,15,20H,10-11H2,1H3. The second-order valence-corrected chi connectivity index (χ2v) is 6.17. The smallest absolute Gasteiger partial charge is 0.307 e. The average molecular weight is 313 g/mol. The fourth-order valence-electron chi connectivity index (χ4n) is 2.32. The molecule has 0 aliphatic rings. The number of rotatable bonds is 6. The van der Waals surface area contributed by atoms with E-state index in [1.54, 1.807) is 35.6 Å². The van der Waals surface area contributed by atoms with Crippen molar-refractivity contribution in [3.05, 3.63) is 58.3 Å². The Morgan fingerprint density at radius 3 is 2.38 bits per heavy atom. The Hall–Kier alpha value is -1.33. The van der Waals surface area contributed by atoms with Crippen molar-refractivity contribution in [1.82, 2.24) is 5.32 Å². The van der Waals surface area contributed by atoms with E-state index in [1.807, 2.05) is 30.5 Å². The number of thiophene rings is 1. The first-order chi connectivity index (χ1) is 9.94. The van der Waals surface area contributed by atoms with Crippen LogP contribution < -0.4 is 5.32 Å². The predicted molar refractivity (Wildman–Crippen MR) is 80.5 cm³/mol. The van der Waals surface area contributed by atoms with Crippen LogP contribution in [0.3, 0.4) is 0 Å². The minimum absolute atomic E-state index is 0.0174. The molecule has 2 aromatic rings. The second-order valence-electron chi connectivity index (χ2n) is 5.13. The maximum Gasteiger partial charge on any atom is 0.390 e. The number of hydrogen-bond acceptors (Lipinski definition) is 2. The maximum absolute atomic E-state index is 12.8. The number of hydrogen-bond donors (Lipinski definition) is 1. The highest BCUT2D eigenvalue weighted by atomic mass is 32.1. The molecule has 2 atom stereocenters. The Bertz CT molecular complexity index is 522. The van der Waals surface area contributed by atoms with E-state index in [2.05, 4.69) is 5.32 Å². The predicted octanol–water partition coefficient (Wildman–Crippen LogP) is 4.96. The molecule has 1 heterocycles. The summed E-state index contributed by atoms with van der Waals surface area (Å²) in [5, 5.41) is 5.09. The van der Waals surface area contributed by atoms with Gasteiger partial charge in [0, 0.05) is 17.0 Å². The monoisotopic (exact) mass is 313 g/mol. The molecular formula is C16H18F3NS. The van der Waals surface area contributed by atoms with Crippen LogP contribution in [0, 0.1) is 0 Å². The van der Waals surface area contributed by atoms with Crippen LogP contribution in [0.4, 0.5) is 13.2 Å². The van der Waals surface area contributed by atoms with E-state index in [4.69, 9.17) is 0 Å². The zero-order valence-corrected chi connectivity index (χ0v) is 12.5. The number of halogens is 3. The van der Waals surface area contributed by atoms with Crippen molar-refractivity contribution < 1.29 is 13.2 Å². The third-order valence-corrected chi connectivity index (χ3v) is 4.11. The van der Waals surface area contributed by atoms with Crippen LogP contribution in [0.15, 0.2) is 47.8 Å². The highest BCUT2D eigenvalue weighted by Crippen LogP contribution is 2.30. The molecule has 1 nitrogen and oxygen atoms in total. The summed E-state index contributed by atoms with van der Waals surface area (Å²) in [5.41, 5.74) is 0.674. The summed E-state index contributed by atoms with van der Waals surface area (Å²) < 4.78 is 38.3. The Morgan fingerprint density at radius 1 is 1.10 bits per heavy atom. The van der Waals surface area contributed by atoms with E-state index in [0.717, 1.165) is 6.42 Å². The Morgan fingerprint density at radius 2 is 1.81 bits per heavy atom. The minimum Gasteiger partial charge on any atom is -0.307 e. The van der Waals surface area contributed by atoms with Gasteiger partial charge in [-0.3, -0.25) is 0 Å². The molecule has 114 valence electrons. The van der Waals surface area contributed by atoms with Gasteiger partial charge in [-0.15, -0.1) is 11.3 Å². The van der Waals surface area contributed by atoms with Gasteiger partial charge in [0.25, 0.3) is 0 Å². The van der Waals surface area contributed by atoms with Gasteiger partial charge >= 0.3 is 6.18 Å². The number of alkyl halides is 3. The SMILES string of the molecule is CC(Cc1cccs1)NC(CC(F)(F)F)c1ccccc1. The lowest BCUT2D eigenvalue weighted by Gasteiger charge is -2.24. The summed E-state index contributed by atoms with van der Waals surface area (Å²) in [4.78, 5) is 1.17. The second kappa shape index (κ2) is 7.09. The van der Waals surface area contributed by atoms with Crippen molar-refractivity contribution >= 4 is 11.3 Å². The lowest BCUT2D eigenvalue weighted by atomic mass is 10.0. The molecule has 0 saturated carbocycles. The van der Waals surface area contributed by atoms with Crippen molar-refractivity contribution in [3.63, 3.8) is 0 Å². The van der Waals surface area contributed by atoms with Gasteiger partial charge in [-0.25, -0.2) is 0 Å². The van der Waals surface area contributed by atoms with Crippen LogP contribution in [0.25, 0.3) is 0 Å². The molecule has 0 aliphatic heterocycles. The topological polar surface area (TPSA) is 12.0 Å². The molecule has 21 heavy (non-hydrogen) atoms. The lowest BCUT2D eigenvalue weighted by molar-refractivity contribution is -0.140. The highest BCUT2D eigenvalue weighted by molar-refractivity contribution is 7.09. The van der Waals surface area contributed by atoms with E-state index in [1.165, 1.54) is 4.88 Å². The molecule has 0 radical (unpaired) electrons. The summed E-state index contributed by atoms with van der Waals surface area (Å²) in [6, 6.07) is 12.1. The Kier molecular flexibility index (Phi) is 5.42. The number of nitrogens with one attached hydrogen (secondary N) is 1. The van der Waals surface area contributed by atoms with E-state index in [9.17, 15) is 13.2 Å². The van der Waals surface area contributed by atoms with Crippen LogP contribution in [0.1, 0.15) is 29.8 Å².